The molecule has 0 saturated heterocycles. The van der Waals surface area contributed by atoms with Gasteiger partial charge >= 0.3 is 0 Å². The Morgan fingerprint density at radius 3 is 2.53 bits per heavy atom. The monoisotopic (exact) mass is 209 g/mol. The normalized spacial score (nSPS) is 27.3. The summed E-state index contributed by atoms with van der Waals surface area (Å²) in [6.07, 6.45) is 10.1. The van der Waals surface area contributed by atoms with Crippen LogP contribution in [0.5, 0.6) is 0 Å². The molecule has 1 rings (SSSR count). The molecule has 1 aliphatic rings. The predicted molar refractivity (Wildman–Crippen MR) is 60.4 cm³/mol. The Kier molecular flexibility index (Phi) is 5.12. The van der Waals surface area contributed by atoms with Crippen molar-refractivity contribution >= 4 is 5.91 Å². The molecular weight excluding hydrogens is 190 g/mol. The van der Waals surface area contributed by atoms with Gasteiger partial charge in [-0.15, -0.1) is 0 Å². The molecule has 0 aliphatic heterocycles. The van der Waals surface area contributed by atoms with Crippen LogP contribution in [0.3, 0.4) is 0 Å². The summed E-state index contributed by atoms with van der Waals surface area (Å²) < 4.78 is 0. The molecule has 0 radical (unpaired) electrons. The SMILES string of the molecule is C/C=C/C=C\C(=O)NC1CCC(O)CC1. The van der Waals surface area contributed by atoms with Gasteiger partial charge in [-0.1, -0.05) is 18.2 Å². The zero-order chi connectivity index (χ0) is 11.1. The van der Waals surface area contributed by atoms with Gasteiger partial charge in [0.25, 0.3) is 0 Å². The Hall–Kier alpha value is -1.09. The van der Waals surface area contributed by atoms with Gasteiger partial charge in [-0.25, -0.2) is 0 Å². The topological polar surface area (TPSA) is 49.3 Å². The molecule has 0 heterocycles. The quantitative estimate of drug-likeness (QED) is 0.547. The second kappa shape index (κ2) is 6.40. The van der Waals surface area contributed by atoms with E-state index in [0.717, 1.165) is 25.7 Å². The minimum absolute atomic E-state index is 0.0468. The van der Waals surface area contributed by atoms with Crippen LogP contribution in [0.15, 0.2) is 24.3 Å². The fourth-order valence-corrected chi connectivity index (χ4v) is 1.72. The summed E-state index contributed by atoms with van der Waals surface area (Å²) in [6.45, 7) is 1.91. The van der Waals surface area contributed by atoms with Crippen LogP contribution in [-0.2, 0) is 4.79 Å². The Balaban J connectivity index is 2.26. The van der Waals surface area contributed by atoms with Crippen LogP contribution < -0.4 is 5.32 Å². The molecule has 2 N–H and O–H groups in total. The molecule has 1 amide bonds. The molecule has 0 aromatic carbocycles. The van der Waals surface area contributed by atoms with Gasteiger partial charge in [0.1, 0.15) is 0 Å². The van der Waals surface area contributed by atoms with Crippen LogP contribution >= 0.6 is 0 Å². The molecule has 3 nitrogen and oxygen atoms in total. The van der Waals surface area contributed by atoms with Gasteiger partial charge in [0, 0.05) is 12.1 Å². The van der Waals surface area contributed by atoms with Gasteiger partial charge < -0.3 is 10.4 Å². The molecule has 15 heavy (non-hydrogen) atoms. The summed E-state index contributed by atoms with van der Waals surface area (Å²) in [5.74, 6) is -0.0468. The van der Waals surface area contributed by atoms with Crippen molar-refractivity contribution in [1.82, 2.24) is 5.32 Å². The van der Waals surface area contributed by atoms with Crippen molar-refractivity contribution in [3.63, 3.8) is 0 Å². The number of rotatable bonds is 3. The number of aliphatic hydroxyl groups excluding tert-OH is 1. The fourth-order valence-electron chi connectivity index (χ4n) is 1.72. The summed E-state index contributed by atoms with van der Waals surface area (Å²) >= 11 is 0. The van der Waals surface area contributed by atoms with Gasteiger partial charge in [0.2, 0.25) is 5.91 Å². The molecule has 3 heteroatoms. The lowest BCUT2D eigenvalue weighted by atomic mass is 9.93. The van der Waals surface area contributed by atoms with E-state index >= 15 is 0 Å². The van der Waals surface area contributed by atoms with E-state index in [1.54, 1.807) is 6.08 Å². The van der Waals surface area contributed by atoms with Gasteiger partial charge in [-0.2, -0.15) is 0 Å². The molecule has 84 valence electrons. The number of aliphatic hydroxyl groups is 1. The second-order valence-corrected chi connectivity index (χ2v) is 3.90. The van der Waals surface area contributed by atoms with Gasteiger partial charge in [0.05, 0.1) is 6.10 Å². The first kappa shape index (κ1) is 12.0. The van der Waals surface area contributed by atoms with E-state index in [4.69, 9.17) is 0 Å². The predicted octanol–water partition coefficient (Wildman–Crippen LogP) is 1.54. The largest absolute Gasteiger partial charge is 0.393 e. The first-order valence-electron chi connectivity index (χ1n) is 5.50. The summed E-state index contributed by atoms with van der Waals surface area (Å²) in [5, 5.41) is 12.2. The number of hydrogen-bond acceptors (Lipinski definition) is 2. The minimum atomic E-state index is -0.170. The van der Waals surface area contributed by atoms with Crippen LogP contribution in [0.4, 0.5) is 0 Å². The second-order valence-electron chi connectivity index (χ2n) is 3.90. The Morgan fingerprint density at radius 2 is 1.93 bits per heavy atom. The van der Waals surface area contributed by atoms with Crippen LogP contribution in [0.25, 0.3) is 0 Å². The third kappa shape index (κ3) is 4.79. The molecule has 0 bridgehead atoms. The maximum absolute atomic E-state index is 11.4. The van der Waals surface area contributed by atoms with Crippen molar-refractivity contribution in [1.29, 1.82) is 0 Å². The maximum Gasteiger partial charge on any atom is 0.244 e. The number of carbonyl (C=O) groups excluding carboxylic acids is 1. The summed E-state index contributed by atoms with van der Waals surface area (Å²) in [6, 6.07) is 0.233. The number of carbonyl (C=O) groups is 1. The van der Waals surface area contributed by atoms with Crippen LogP contribution in [0.1, 0.15) is 32.6 Å². The zero-order valence-electron chi connectivity index (χ0n) is 9.15. The Labute approximate surface area is 90.9 Å². The highest BCUT2D eigenvalue weighted by Gasteiger charge is 2.19. The van der Waals surface area contributed by atoms with Crippen molar-refractivity contribution in [2.24, 2.45) is 0 Å². The number of amides is 1. The lowest BCUT2D eigenvalue weighted by Gasteiger charge is -2.25. The fraction of sp³-hybridized carbons (Fsp3) is 0.583. The van der Waals surface area contributed by atoms with Crippen LogP contribution in [-0.4, -0.2) is 23.2 Å². The van der Waals surface area contributed by atoms with Crippen molar-refractivity contribution in [2.75, 3.05) is 0 Å². The maximum atomic E-state index is 11.4. The van der Waals surface area contributed by atoms with E-state index in [1.165, 1.54) is 6.08 Å². The van der Waals surface area contributed by atoms with Gasteiger partial charge in [-0.05, 0) is 32.6 Å². The highest BCUT2D eigenvalue weighted by molar-refractivity contribution is 5.87. The highest BCUT2D eigenvalue weighted by Crippen LogP contribution is 2.18. The molecule has 0 unspecified atom stereocenters. The molecule has 1 aliphatic carbocycles. The Morgan fingerprint density at radius 1 is 1.27 bits per heavy atom. The van der Waals surface area contributed by atoms with Crippen molar-refractivity contribution in [2.45, 2.75) is 44.8 Å². The summed E-state index contributed by atoms with van der Waals surface area (Å²) in [7, 11) is 0. The average molecular weight is 209 g/mol. The zero-order valence-corrected chi connectivity index (χ0v) is 9.15. The molecule has 0 aromatic rings. The lowest BCUT2D eigenvalue weighted by molar-refractivity contribution is -0.117. The van der Waals surface area contributed by atoms with Crippen molar-refractivity contribution < 1.29 is 9.90 Å². The van der Waals surface area contributed by atoms with Crippen molar-refractivity contribution in [3.8, 4) is 0 Å². The first-order chi connectivity index (χ1) is 7.22. The van der Waals surface area contributed by atoms with Crippen LogP contribution in [0, 0.1) is 0 Å². The first-order valence-corrected chi connectivity index (χ1v) is 5.50. The summed E-state index contributed by atoms with van der Waals surface area (Å²) in [5.41, 5.74) is 0. The molecule has 0 aromatic heterocycles. The number of allylic oxidation sites excluding steroid dienone is 3. The van der Waals surface area contributed by atoms with Crippen LogP contribution in [0.2, 0.25) is 0 Å². The third-order valence-corrected chi connectivity index (χ3v) is 2.59. The molecular formula is C12H19NO2. The molecule has 0 atom stereocenters. The van der Waals surface area contributed by atoms with Crippen molar-refractivity contribution in [3.05, 3.63) is 24.3 Å². The van der Waals surface area contributed by atoms with E-state index in [-0.39, 0.29) is 18.1 Å². The van der Waals surface area contributed by atoms with E-state index in [1.807, 2.05) is 19.1 Å². The van der Waals surface area contributed by atoms with Gasteiger partial charge in [0.15, 0.2) is 0 Å². The third-order valence-electron chi connectivity index (χ3n) is 2.59. The standard InChI is InChI=1S/C12H19NO2/c1-2-3-4-5-12(15)13-10-6-8-11(14)9-7-10/h2-5,10-11,14H,6-9H2,1H3,(H,13,15)/b3-2+,5-4-. The molecule has 1 fully saturated rings. The minimum Gasteiger partial charge on any atom is -0.393 e. The molecule has 1 saturated carbocycles. The van der Waals surface area contributed by atoms with E-state index in [0.29, 0.717) is 0 Å². The lowest BCUT2D eigenvalue weighted by Crippen LogP contribution is -2.37. The Bertz CT molecular complexity index is 250. The van der Waals surface area contributed by atoms with Gasteiger partial charge in [-0.3, -0.25) is 4.79 Å². The average Bonchev–Trinajstić information content (AvgIpc) is 2.22. The van der Waals surface area contributed by atoms with E-state index < -0.39 is 0 Å². The number of hydrogen-bond donors (Lipinski definition) is 2. The summed E-state index contributed by atoms with van der Waals surface area (Å²) in [4.78, 5) is 11.4. The van der Waals surface area contributed by atoms with E-state index in [9.17, 15) is 9.90 Å². The molecule has 0 spiro atoms. The smallest absolute Gasteiger partial charge is 0.244 e. The van der Waals surface area contributed by atoms with E-state index in [2.05, 4.69) is 5.32 Å². The highest BCUT2D eigenvalue weighted by atomic mass is 16.3. The number of nitrogens with one attached hydrogen (secondary N) is 1.